The van der Waals surface area contributed by atoms with E-state index < -0.39 is 0 Å². The van der Waals surface area contributed by atoms with Crippen LogP contribution in [0.1, 0.15) is 39.3 Å². The van der Waals surface area contributed by atoms with Gasteiger partial charge >= 0.3 is 0 Å². The molecule has 0 unspecified atom stereocenters. The molecule has 2 aromatic heterocycles. The lowest BCUT2D eigenvalue weighted by molar-refractivity contribution is 0.0764. The molecule has 1 aliphatic rings. The first kappa shape index (κ1) is 14.3. The van der Waals surface area contributed by atoms with Gasteiger partial charge in [-0.3, -0.25) is 4.79 Å². The predicted octanol–water partition coefficient (Wildman–Crippen LogP) is 3.81. The summed E-state index contributed by atoms with van der Waals surface area (Å²) >= 11 is 1.86. The maximum atomic E-state index is 12.6. The number of thioether (sulfide) groups is 1. The van der Waals surface area contributed by atoms with Crippen LogP contribution in [-0.4, -0.2) is 29.6 Å². The van der Waals surface area contributed by atoms with Crippen molar-refractivity contribution in [3.05, 3.63) is 47.3 Å². The zero-order chi connectivity index (χ0) is 14.8. The van der Waals surface area contributed by atoms with Crippen LogP contribution in [0.5, 0.6) is 0 Å². The minimum Gasteiger partial charge on any atom is -0.468 e. The monoisotopic (exact) mass is 305 g/mol. The maximum absolute atomic E-state index is 12.6. The molecular formula is C16H19NO3S. The normalized spacial score (nSPS) is 19.5. The maximum Gasteiger partial charge on any atom is 0.257 e. The molecule has 0 aromatic carbocycles. The average Bonchev–Trinajstić information content (AvgIpc) is 3.02. The largest absolute Gasteiger partial charge is 0.468 e. The van der Waals surface area contributed by atoms with Crippen LogP contribution in [-0.2, 0) is 0 Å². The molecule has 1 saturated heterocycles. The average molecular weight is 305 g/mol. The second kappa shape index (κ2) is 6.02. The quantitative estimate of drug-likeness (QED) is 0.846. The van der Waals surface area contributed by atoms with E-state index in [1.54, 1.807) is 6.26 Å². The predicted molar refractivity (Wildman–Crippen MR) is 82.6 cm³/mol. The number of amides is 1. The number of hydrogen-bond donors (Lipinski definition) is 0. The Morgan fingerprint density at radius 1 is 1.38 bits per heavy atom. The highest BCUT2D eigenvalue weighted by Gasteiger charge is 2.25. The van der Waals surface area contributed by atoms with Crippen LogP contribution in [0.25, 0.3) is 0 Å². The van der Waals surface area contributed by atoms with E-state index >= 15 is 0 Å². The number of hydrogen-bond acceptors (Lipinski definition) is 4. The first-order chi connectivity index (χ1) is 10.1. The van der Waals surface area contributed by atoms with Crippen LogP contribution in [0.4, 0.5) is 0 Å². The van der Waals surface area contributed by atoms with Gasteiger partial charge in [-0.15, -0.1) is 11.8 Å². The molecule has 21 heavy (non-hydrogen) atoms. The van der Waals surface area contributed by atoms with E-state index in [0.29, 0.717) is 16.6 Å². The molecule has 5 heteroatoms. The first-order valence-electron chi connectivity index (χ1n) is 7.16. The van der Waals surface area contributed by atoms with Gasteiger partial charge in [0.15, 0.2) is 0 Å². The molecule has 1 amide bonds. The van der Waals surface area contributed by atoms with Gasteiger partial charge in [0.25, 0.3) is 5.91 Å². The molecule has 0 spiro atoms. The SMILES string of the molecule is Cc1cc(C(=O)N2CCS[C@H](c3ccco3)CC2)c(C)o1. The zero-order valence-electron chi connectivity index (χ0n) is 12.3. The van der Waals surface area contributed by atoms with Crippen LogP contribution in [0, 0.1) is 13.8 Å². The minimum atomic E-state index is 0.0741. The van der Waals surface area contributed by atoms with Gasteiger partial charge in [0.05, 0.1) is 17.1 Å². The van der Waals surface area contributed by atoms with Crippen LogP contribution < -0.4 is 0 Å². The van der Waals surface area contributed by atoms with Gasteiger partial charge in [0.2, 0.25) is 0 Å². The number of furan rings is 2. The summed E-state index contributed by atoms with van der Waals surface area (Å²) < 4.78 is 11.0. The van der Waals surface area contributed by atoms with Crippen molar-refractivity contribution in [1.29, 1.82) is 0 Å². The number of carbonyl (C=O) groups is 1. The molecule has 0 aliphatic carbocycles. The van der Waals surface area contributed by atoms with E-state index in [9.17, 15) is 4.79 Å². The molecular weight excluding hydrogens is 286 g/mol. The van der Waals surface area contributed by atoms with E-state index in [-0.39, 0.29) is 5.91 Å². The van der Waals surface area contributed by atoms with Crippen molar-refractivity contribution in [3.8, 4) is 0 Å². The lowest BCUT2D eigenvalue weighted by atomic mass is 10.2. The van der Waals surface area contributed by atoms with Gasteiger partial charge in [0.1, 0.15) is 17.3 Å². The Labute approximate surface area is 128 Å². The highest BCUT2D eigenvalue weighted by atomic mass is 32.2. The summed E-state index contributed by atoms with van der Waals surface area (Å²) in [4.78, 5) is 14.5. The van der Waals surface area contributed by atoms with Gasteiger partial charge in [-0.2, -0.15) is 0 Å². The second-order valence-electron chi connectivity index (χ2n) is 5.28. The van der Waals surface area contributed by atoms with Crippen molar-refractivity contribution in [2.75, 3.05) is 18.8 Å². The van der Waals surface area contributed by atoms with Crippen LogP contribution in [0.3, 0.4) is 0 Å². The van der Waals surface area contributed by atoms with E-state index in [0.717, 1.165) is 36.8 Å². The number of aryl methyl sites for hydroxylation is 2. The molecule has 0 N–H and O–H groups in total. The van der Waals surface area contributed by atoms with Gasteiger partial charge in [-0.05, 0) is 38.5 Å². The molecule has 3 heterocycles. The van der Waals surface area contributed by atoms with Crippen molar-refractivity contribution < 1.29 is 13.6 Å². The van der Waals surface area contributed by atoms with Crippen LogP contribution >= 0.6 is 11.8 Å². The van der Waals surface area contributed by atoms with Gasteiger partial charge in [0, 0.05) is 18.8 Å². The van der Waals surface area contributed by atoms with Gasteiger partial charge in [-0.1, -0.05) is 0 Å². The van der Waals surface area contributed by atoms with Crippen molar-refractivity contribution in [1.82, 2.24) is 4.90 Å². The Kier molecular flexibility index (Phi) is 4.10. The fraction of sp³-hybridized carbons (Fsp3) is 0.438. The summed E-state index contributed by atoms with van der Waals surface area (Å²) in [6.45, 7) is 5.23. The Morgan fingerprint density at radius 2 is 2.24 bits per heavy atom. The third-order valence-electron chi connectivity index (χ3n) is 3.76. The smallest absolute Gasteiger partial charge is 0.257 e. The summed E-state index contributed by atoms with van der Waals surface area (Å²) in [5, 5.41) is 0.338. The Morgan fingerprint density at radius 3 is 2.90 bits per heavy atom. The van der Waals surface area contributed by atoms with Crippen molar-refractivity contribution in [3.63, 3.8) is 0 Å². The van der Waals surface area contributed by atoms with E-state index in [1.807, 2.05) is 48.7 Å². The lowest BCUT2D eigenvalue weighted by Crippen LogP contribution is -2.33. The highest BCUT2D eigenvalue weighted by molar-refractivity contribution is 7.99. The van der Waals surface area contributed by atoms with E-state index in [4.69, 9.17) is 8.83 Å². The number of nitrogens with zero attached hydrogens (tertiary/aromatic N) is 1. The van der Waals surface area contributed by atoms with Gasteiger partial charge < -0.3 is 13.7 Å². The lowest BCUT2D eigenvalue weighted by Gasteiger charge is -2.19. The number of rotatable bonds is 2. The third-order valence-corrected chi connectivity index (χ3v) is 5.05. The number of carbonyl (C=O) groups excluding carboxylic acids is 1. The minimum absolute atomic E-state index is 0.0741. The van der Waals surface area contributed by atoms with E-state index in [1.165, 1.54) is 0 Å². The summed E-state index contributed by atoms with van der Waals surface area (Å²) in [5.41, 5.74) is 0.689. The van der Waals surface area contributed by atoms with Crippen molar-refractivity contribution in [2.45, 2.75) is 25.5 Å². The highest BCUT2D eigenvalue weighted by Crippen LogP contribution is 2.34. The Bertz CT molecular complexity index is 618. The molecule has 0 bridgehead atoms. The Hall–Kier alpha value is -1.62. The molecule has 2 aromatic rings. The first-order valence-corrected chi connectivity index (χ1v) is 8.21. The molecule has 0 saturated carbocycles. The second-order valence-corrected chi connectivity index (χ2v) is 6.59. The van der Waals surface area contributed by atoms with Crippen LogP contribution in [0.2, 0.25) is 0 Å². The summed E-state index contributed by atoms with van der Waals surface area (Å²) in [6.07, 6.45) is 2.63. The fourth-order valence-corrected chi connectivity index (χ4v) is 3.87. The molecule has 1 fully saturated rings. The zero-order valence-corrected chi connectivity index (χ0v) is 13.1. The summed E-state index contributed by atoms with van der Waals surface area (Å²) in [7, 11) is 0. The van der Waals surface area contributed by atoms with Crippen molar-refractivity contribution in [2.24, 2.45) is 0 Å². The molecule has 1 atom stereocenters. The Balaban J connectivity index is 1.70. The summed E-state index contributed by atoms with van der Waals surface area (Å²) in [6, 6.07) is 5.76. The molecule has 3 rings (SSSR count). The van der Waals surface area contributed by atoms with Gasteiger partial charge in [-0.25, -0.2) is 0 Å². The fourth-order valence-electron chi connectivity index (χ4n) is 2.69. The molecule has 1 aliphatic heterocycles. The standard InChI is InChI=1S/C16H19NO3S/c1-11-10-13(12(2)20-11)16(18)17-6-5-15(21-9-7-17)14-4-3-8-19-14/h3-4,8,10,15H,5-7,9H2,1-2H3/t15-/m0/s1. The molecule has 0 radical (unpaired) electrons. The topological polar surface area (TPSA) is 46.6 Å². The molecule has 4 nitrogen and oxygen atoms in total. The van der Waals surface area contributed by atoms with E-state index in [2.05, 4.69) is 0 Å². The third kappa shape index (κ3) is 3.02. The summed E-state index contributed by atoms with van der Waals surface area (Å²) in [5.74, 6) is 3.49. The molecule has 112 valence electrons. The van der Waals surface area contributed by atoms with Crippen LogP contribution in [0.15, 0.2) is 33.3 Å². The van der Waals surface area contributed by atoms with Crippen molar-refractivity contribution >= 4 is 17.7 Å².